The standard InChI is InChI=1S/C40H67N5O7/c1-14-26(6)35(44(11)34(25(4)5)40(50)42-39(49)33(24(2)3)43(9)10)31(51-12)23-32(46)45-22-18-21-30(45)37(52-13)27(7)38(48)41-28(8)36(47)29-19-16-15-17-20-29/h15-17,19-20,24-28,30-31,33-35,37H,14,18,21-23H2,1-13H3,(H,41,48)(H,42,49,50)/t26-,27+,28+,30-,31+,33-,34-,35-,37+/m0/s1. The number of amides is 4. The number of hydrogen-bond donors (Lipinski definition) is 2. The maximum Gasteiger partial charge on any atom is 0.244 e. The van der Waals surface area contributed by atoms with E-state index in [2.05, 4.69) is 24.5 Å². The zero-order chi connectivity index (χ0) is 39.4. The average Bonchev–Trinajstić information content (AvgIpc) is 3.57. The zero-order valence-electron chi connectivity index (χ0n) is 34.0. The fourth-order valence-electron chi connectivity index (χ4n) is 8.00. The lowest BCUT2D eigenvalue weighted by molar-refractivity contribution is -0.144. The Bertz CT molecular complexity index is 1310. The van der Waals surface area contributed by atoms with Crippen molar-refractivity contribution in [2.24, 2.45) is 23.7 Å². The molecule has 4 amide bonds. The van der Waals surface area contributed by atoms with Crippen molar-refractivity contribution < 1.29 is 33.4 Å². The van der Waals surface area contributed by atoms with E-state index in [0.717, 1.165) is 12.8 Å². The molecule has 0 spiro atoms. The fraction of sp³-hybridized carbons (Fsp3) is 0.725. The molecule has 2 N–H and O–H groups in total. The van der Waals surface area contributed by atoms with Crippen LogP contribution < -0.4 is 10.6 Å². The minimum atomic E-state index is -0.729. The Balaban J connectivity index is 2.27. The zero-order valence-corrected chi connectivity index (χ0v) is 34.0. The summed E-state index contributed by atoms with van der Waals surface area (Å²) in [7, 11) is 8.65. The van der Waals surface area contributed by atoms with Gasteiger partial charge in [0.25, 0.3) is 0 Å². The molecule has 0 aliphatic carbocycles. The summed E-state index contributed by atoms with van der Waals surface area (Å²) < 4.78 is 12.0. The number of imide groups is 1. The molecule has 1 aromatic carbocycles. The summed E-state index contributed by atoms with van der Waals surface area (Å²) in [6.45, 7) is 15.9. The highest BCUT2D eigenvalue weighted by molar-refractivity contribution is 6.02. The lowest BCUT2D eigenvalue weighted by Crippen LogP contribution is -2.60. The summed E-state index contributed by atoms with van der Waals surface area (Å²) in [5.74, 6) is -2.07. The number of likely N-dealkylation sites (N-methyl/N-ethyl adjacent to an activating group) is 2. The van der Waals surface area contributed by atoms with E-state index in [1.54, 1.807) is 57.2 Å². The van der Waals surface area contributed by atoms with Crippen molar-refractivity contribution in [2.75, 3.05) is 41.9 Å². The summed E-state index contributed by atoms with van der Waals surface area (Å²) in [5.41, 5.74) is 0.519. The van der Waals surface area contributed by atoms with Gasteiger partial charge in [-0.05, 0) is 58.7 Å². The van der Waals surface area contributed by atoms with Gasteiger partial charge in [-0.3, -0.25) is 39.1 Å². The molecule has 52 heavy (non-hydrogen) atoms. The molecule has 1 fully saturated rings. The van der Waals surface area contributed by atoms with E-state index in [1.807, 2.05) is 64.7 Å². The quantitative estimate of drug-likeness (QED) is 0.191. The van der Waals surface area contributed by atoms with Crippen molar-refractivity contribution in [2.45, 2.75) is 123 Å². The summed E-state index contributed by atoms with van der Waals surface area (Å²) in [6.07, 6.45) is 1.11. The van der Waals surface area contributed by atoms with Crippen molar-refractivity contribution in [3.05, 3.63) is 35.9 Å². The van der Waals surface area contributed by atoms with Crippen molar-refractivity contribution in [3.63, 3.8) is 0 Å². The van der Waals surface area contributed by atoms with Gasteiger partial charge in [0.15, 0.2) is 5.78 Å². The monoisotopic (exact) mass is 730 g/mol. The van der Waals surface area contributed by atoms with Crippen LogP contribution in [0.5, 0.6) is 0 Å². The summed E-state index contributed by atoms with van der Waals surface area (Å²) in [5, 5.41) is 5.54. The fourth-order valence-corrected chi connectivity index (χ4v) is 8.00. The number of rotatable bonds is 20. The third-order valence-corrected chi connectivity index (χ3v) is 10.8. The van der Waals surface area contributed by atoms with E-state index in [9.17, 15) is 24.0 Å². The molecule has 0 radical (unpaired) electrons. The van der Waals surface area contributed by atoms with Gasteiger partial charge in [-0.1, -0.05) is 85.2 Å². The predicted molar refractivity (Wildman–Crippen MR) is 204 cm³/mol. The van der Waals surface area contributed by atoms with Gasteiger partial charge < -0.3 is 19.7 Å². The Morgan fingerprint density at radius 3 is 1.92 bits per heavy atom. The van der Waals surface area contributed by atoms with E-state index in [-0.39, 0.29) is 65.7 Å². The van der Waals surface area contributed by atoms with Gasteiger partial charge in [0.05, 0.1) is 48.7 Å². The van der Waals surface area contributed by atoms with Gasteiger partial charge in [-0.2, -0.15) is 0 Å². The topological polar surface area (TPSA) is 138 Å². The first-order valence-corrected chi connectivity index (χ1v) is 18.9. The van der Waals surface area contributed by atoms with Crippen LogP contribution in [0.4, 0.5) is 0 Å². The number of ether oxygens (including phenoxy) is 2. The highest BCUT2D eigenvalue weighted by Crippen LogP contribution is 2.30. The molecule has 9 atom stereocenters. The second-order valence-electron chi connectivity index (χ2n) is 15.5. The number of ketones is 1. The third-order valence-electron chi connectivity index (χ3n) is 10.8. The molecule has 294 valence electrons. The lowest BCUT2D eigenvalue weighted by Gasteiger charge is -2.43. The number of hydrogen-bond acceptors (Lipinski definition) is 9. The van der Waals surface area contributed by atoms with Crippen LogP contribution in [-0.4, -0.2) is 128 Å². The first-order chi connectivity index (χ1) is 24.4. The normalized spacial score (nSPS) is 19.6. The van der Waals surface area contributed by atoms with E-state index in [4.69, 9.17) is 9.47 Å². The Kier molecular flexibility index (Phi) is 18.1. The summed E-state index contributed by atoms with van der Waals surface area (Å²) >= 11 is 0. The summed E-state index contributed by atoms with van der Waals surface area (Å²) in [6, 6.07) is 6.32. The van der Waals surface area contributed by atoms with Crippen molar-refractivity contribution in [1.82, 2.24) is 25.3 Å². The third kappa shape index (κ3) is 11.4. The molecule has 1 aliphatic heterocycles. The molecule has 0 unspecified atom stereocenters. The smallest absolute Gasteiger partial charge is 0.244 e. The van der Waals surface area contributed by atoms with Gasteiger partial charge in [-0.25, -0.2) is 0 Å². The summed E-state index contributed by atoms with van der Waals surface area (Å²) in [4.78, 5) is 73.2. The Morgan fingerprint density at radius 2 is 1.42 bits per heavy atom. The molecule has 1 saturated heterocycles. The molecular weight excluding hydrogens is 662 g/mol. The van der Waals surface area contributed by atoms with E-state index in [1.165, 1.54) is 0 Å². The first-order valence-electron chi connectivity index (χ1n) is 18.9. The maximum atomic E-state index is 14.2. The number of nitrogens with one attached hydrogen (secondary N) is 2. The van der Waals surface area contributed by atoms with Crippen molar-refractivity contribution >= 4 is 29.4 Å². The SMILES string of the molecule is CC[C@H](C)[C@@H]([C@@H](CC(=O)N1CCC[C@H]1[C@H](OC)[C@@H](C)C(=O)N[C@H](C)C(=O)c1ccccc1)OC)N(C)[C@H](C(=O)NC(=O)[C@H](C(C)C)N(C)C)C(C)C. The van der Waals surface area contributed by atoms with Crippen LogP contribution in [0.2, 0.25) is 0 Å². The van der Waals surface area contributed by atoms with E-state index in [0.29, 0.717) is 18.5 Å². The molecular formula is C40H67N5O7. The molecule has 0 saturated carbocycles. The van der Waals surface area contributed by atoms with Crippen molar-refractivity contribution in [1.29, 1.82) is 0 Å². The van der Waals surface area contributed by atoms with E-state index >= 15 is 0 Å². The van der Waals surface area contributed by atoms with Crippen LogP contribution in [0.15, 0.2) is 30.3 Å². The molecule has 2 rings (SSSR count). The minimum Gasteiger partial charge on any atom is -0.379 e. The molecule has 1 heterocycles. The van der Waals surface area contributed by atoms with Gasteiger partial charge in [0.1, 0.15) is 0 Å². The number of methoxy groups -OCH3 is 2. The Morgan fingerprint density at radius 1 is 0.846 bits per heavy atom. The maximum absolute atomic E-state index is 14.2. The Hall–Kier alpha value is -3.19. The van der Waals surface area contributed by atoms with Gasteiger partial charge in [-0.15, -0.1) is 0 Å². The Labute approximate surface area is 312 Å². The second-order valence-corrected chi connectivity index (χ2v) is 15.5. The first kappa shape index (κ1) is 45.0. The van der Waals surface area contributed by atoms with E-state index < -0.39 is 36.3 Å². The van der Waals surface area contributed by atoms with Crippen LogP contribution in [-0.2, 0) is 28.7 Å². The molecule has 0 bridgehead atoms. The number of likely N-dealkylation sites (tertiary alicyclic amines) is 1. The highest BCUT2D eigenvalue weighted by Gasteiger charge is 2.43. The molecule has 1 aromatic rings. The largest absolute Gasteiger partial charge is 0.379 e. The number of benzene rings is 1. The van der Waals surface area contributed by atoms with Crippen LogP contribution in [0.3, 0.4) is 0 Å². The predicted octanol–water partition coefficient (Wildman–Crippen LogP) is 4.02. The van der Waals surface area contributed by atoms with Crippen LogP contribution >= 0.6 is 0 Å². The molecule has 1 aliphatic rings. The van der Waals surface area contributed by atoms with Crippen LogP contribution in [0, 0.1) is 23.7 Å². The second kappa shape index (κ2) is 20.9. The lowest BCUT2D eigenvalue weighted by atomic mass is 9.87. The number of nitrogens with zero attached hydrogens (tertiary/aromatic N) is 3. The van der Waals surface area contributed by atoms with Crippen molar-refractivity contribution in [3.8, 4) is 0 Å². The number of carbonyl (C=O) groups is 5. The van der Waals surface area contributed by atoms with Crippen LogP contribution in [0.25, 0.3) is 0 Å². The van der Waals surface area contributed by atoms with Gasteiger partial charge in [0, 0.05) is 32.4 Å². The molecule has 12 heteroatoms. The molecule has 12 nitrogen and oxygen atoms in total. The van der Waals surface area contributed by atoms with Gasteiger partial charge >= 0.3 is 0 Å². The number of Topliss-reactive ketones (excluding diaryl/α,β-unsaturated/α-hetero) is 1. The minimum absolute atomic E-state index is 0.00617. The van der Waals surface area contributed by atoms with Crippen LogP contribution in [0.1, 0.15) is 91.4 Å². The average molecular weight is 730 g/mol. The van der Waals surface area contributed by atoms with Gasteiger partial charge in [0.2, 0.25) is 23.6 Å². The number of carbonyl (C=O) groups excluding carboxylic acids is 5. The molecule has 0 aromatic heterocycles. The highest BCUT2D eigenvalue weighted by atomic mass is 16.5.